The Morgan fingerprint density at radius 3 is 2.78 bits per heavy atom. The van der Waals surface area contributed by atoms with Gasteiger partial charge in [0.1, 0.15) is 5.75 Å². The molecule has 0 amide bonds. The van der Waals surface area contributed by atoms with Gasteiger partial charge in [-0.1, -0.05) is 25.0 Å². The zero-order valence-electron chi connectivity index (χ0n) is 16.7. The van der Waals surface area contributed by atoms with Crippen molar-refractivity contribution in [3.05, 3.63) is 29.8 Å². The summed E-state index contributed by atoms with van der Waals surface area (Å²) < 4.78 is 5.58. The Morgan fingerprint density at radius 2 is 2.04 bits per heavy atom. The van der Waals surface area contributed by atoms with Crippen molar-refractivity contribution in [3.8, 4) is 5.75 Å². The summed E-state index contributed by atoms with van der Waals surface area (Å²) >= 11 is 0. The fourth-order valence-corrected chi connectivity index (χ4v) is 4.09. The lowest BCUT2D eigenvalue weighted by molar-refractivity contribution is 0.242. The molecule has 1 aliphatic carbocycles. The zero-order valence-corrected chi connectivity index (χ0v) is 19.1. The van der Waals surface area contributed by atoms with Gasteiger partial charge in [-0.25, -0.2) is 4.99 Å². The van der Waals surface area contributed by atoms with Crippen LogP contribution in [-0.4, -0.2) is 49.2 Å². The molecule has 27 heavy (non-hydrogen) atoms. The highest BCUT2D eigenvalue weighted by Gasteiger charge is 2.30. The summed E-state index contributed by atoms with van der Waals surface area (Å²) in [7, 11) is 0. The minimum atomic E-state index is 0. The van der Waals surface area contributed by atoms with E-state index in [1.807, 2.05) is 19.1 Å². The van der Waals surface area contributed by atoms with E-state index in [2.05, 4.69) is 34.6 Å². The molecule has 1 aromatic carbocycles. The number of hydrogen-bond donors (Lipinski definition) is 2. The van der Waals surface area contributed by atoms with Crippen molar-refractivity contribution in [2.75, 3.05) is 26.2 Å². The highest BCUT2D eigenvalue weighted by Crippen LogP contribution is 2.26. The third-order valence-electron chi connectivity index (χ3n) is 5.38. The van der Waals surface area contributed by atoms with E-state index in [-0.39, 0.29) is 24.0 Å². The molecule has 152 valence electrons. The molecule has 2 N–H and O–H groups in total. The second-order valence-corrected chi connectivity index (χ2v) is 7.34. The van der Waals surface area contributed by atoms with Gasteiger partial charge in [0.25, 0.3) is 0 Å². The molecule has 1 saturated carbocycles. The van der Waals surface area contributed by atoms with Crippen LogP contribution in [0, 0.1) is 0 Å². The molecular formula is C21H35IN4O. The van der Waals surface area contributed by atoms with Gasteiger partial charge in [-0.2, -0.15) is 0 Å². The Kier molecular flexibility index (Phi) is 9.68. The number of rotatable bonds is 7. The van der Waals surface area contributed by atoms with Gasteiger partial charge < -0.3 is 15.4 Å². The van der Waals surface area contributed by atoms with E-state index in [1.165, 1.54) is 44.2 Å². The Balaban J connectivity index is 0.00000261. The number of likely N-dealkylation sites (tertiary alicyclic amines) is 1. The van der Waals surface area contributed by atoms with E-state index < -0.39 is 0 Å². The molecule has 0 bridgehead atoms. The first-order valence-electron chi connectivity index (χ1n) is 10.3. The number of halogens is 1. The molecular weight excluding hydrogens is 451 g/mol. The number of hydrogen-bond acceptors (Lipinski definition) is 3. The predicted octanol–water partition coefficient (Wildman–Crippen LogP) is 3.78. The number of nitrogens with zero attached hydrogens (tertiary/aromatic N) is 2. The highest BCUT2D eigenvalue weighted by molar-refractivity contribution is 14.0. The SMILES string of the molecule is CCNC(=NCc1cccc(OCC)c1)NC1CCN(C2CCCC2)C1.I. The van der Waals surface area contributed by atoms with Gasteiger partial charge in [0.2, 0.25) is 0 Å². The van der Waals surface area contributed by atoms with Crippen molar-refractivity contribution in [2.45, 2.75) is 64.6 Å². The van der Waals surface area contributed by atoms with Gasteiger partial charge in [-0.05, 0) is 50.8 Å². The van der Waals surface area contributed by atoms with Crippen LogP contribution in [0.3, 0.4) is 0 Å². The summed E-state index contributed by atoms with van der Waals surface area (Å²) in [6.07, 6.45) is 6.79. The van der Waals surface area contributed by atoms with Crippen molar-refractivity contribution in [1.29, 1.82) is 0 Å². The summed E-state index contributed by atoms with van der Waals surface area (Å²) in [5.41, 5.74) is 1.17. The second-order valence-electron chi connectivity index (χ2n) is 7.34. The average Bonchev–Trinajstić information content (AvgIpc) is 3.32. The molecule has 1 atom stereocenters. The molecule has 6 heteroatoms. The first kappa shape index (κ1) is 22.3. The number of nitrogens with one attached hydrogen (secondary N) is 2. The van der Waals surface area contributed by atoms with Gasteiger partial charge in [-0.3, -0.25) is 4.90 Å². The van der Waals surface area contributed by atoms with E-state index in [4.69, 9.17) is 9.73 Å². The van der Waals surface area contributed by atoms with Crippen LogP contribution < -0.4 is 15.4 Å². The van der Waals surface area contributed by atoms with Crippen LogP contribution in [0.15, 0.2) is 29.3 Å². The second kappa shape index (κ2) is 11.7. The summed E-state index contributed by atoms with van der Waals surface area (Å²) in [6.45, 7) is 8.73. The number of aliphatic imine (C=N–C) groups is 1. The predicted molar refractivity (Wildman–Crippen MR) is 123 cm³/mol. The summed E-state index contributed by atoms with van der Waals surface area (Å²) in [6, 6.07) is 9.54. The normalized spacial score (nSPS) is 21.1. The molecule has 1 saturated heterocycles. The van der Waals surface area contributed by atoms with Crippen LogP contribution in [0.5, 0.6) is 5.75 Å². The van der Waals surface area contributed by atoms with Gasteiger partial charge in [-0.15, -0.1) is 24.0 Å². The molecule has 0 radical (unpaired) electrons. The standard InChI is InChI=1S/C21H34N4O.HI/c1-3-22-21(23-15-17-8-7-11-20(14-17)26-4-2)24-18-12-13-25(16-18)19-9-5-6-10-19;/h7-8,11,14,18-19H,3-6,9-10,12-13,15-16H2,1-2H3,(H2,22,23,24);1H. The van der Waals surface area contributed by atoms with Gasteiger partial charge in [0.05, 0.1) is 13.2 Å². The maximum absolute atomic E-state index is 5.58. The Hall–Kier alpha value is -1.02. The molecule has 1 unspecified atom stereocenters. The van der Waals surface area contributed by atoms with Crippen LogP contribution in [-0.2, 0) is 6.54 Å². The number of ether oxygens (including phenoxy) is 1. The van der Waals surface area contributed by atoms with Crippen LogP contribution >= 0.6 is 24.0 Å². The van der Waals surface area contributed by atoms with Crippen molar-refractivity contribution >= 4 is 29.9 Å². The average molecular weight is 486 g/mol. The maximum atomic E-state index is 5.58. The van der Waals surface area contributed by atoms with Crippen LogP contribution in [0.1, 0.15) is 51.5 Å². The third-order valence-corrected chi connectivity index (χ3v) is 5.38. The number of guanidine groups is 1. The van der Waals surface area contributed by atoms with Crippen LogP contribution in [0.4, 0.5) is 0 Å². The lowest BCUT2D eigenvalue weighted by Gasteiger charge is -2.24. The smallest absolute Gasteiger partial charge is 0.191 e. The van der Waals surface area contributed by atoms with Crippen LogP contribution in [0.2, 0.25) is 0 Å². The van der Waals surface area contributed by atoms with Gasteiger partial charge in [0.15, 0.2) is 5.96 Å². The summed E-state index contributed by atoms with van der Waals surface area (Å²) in [5, 5.41) is 7.04. The zero-order chi connectivity index (χ0) is 18.2. The van der Waals surface area contributed by atoms with E-state index >= 15 is 0 Å². The Bertz CT molecular complexity index is 589. The maximum Gasteiger partial charge on any atom is 0.191 e. The molecule has 1 heterocycles. The fraction of sp³-hybridized carbons (Fsp3) is 0.667. The van der Waals surface area contributed by atoms with Crippen molar-refractivity contribution in [3.63, 3.8) is 0 Å². The topological polar surface area (TPSA) is 48.9 Å². The molecule has 3 rings (SSSR count). The van der Waals surface area contributed by atoms with E-state index in [1.54, 1.807) is 0 Å². The van der Waals surface area contributed by atoms with Crippen molar-refractivity contribution in [2.24, 2.45) is 4.99 Å². The van der Waals surface area contributed by atoms with E-state index in [0.29, 0.717) is 19.2 Å². The quantitative estimate of drug-likeness (QED) is 0.350. The van der Waals surface area contributed by atoms with Gasteiger partial charge in [0, 0.05) is 31.7 Å². The van der Waals surface area contributed by atoms with Crippen LogP contribution in [0.25, 0.3) is 0 Å². The monoisotopic (exact) mass is 486 g/mol. The van der Waals surface area contributed by atoms with E-state index in [9.17, 15) is 0 Å². The Labute approximate surface area is 181 Å². The molecule has 0 spiro atoms. The summed E-state index contributed by atoms with van der Waals surface area (Å²) in [5.74, 6) is 1.84. The third kappa shape index (κ3) is 6.82. The molecule has 1 aliphatic heterocycles. The Morgan fingerprint density at radius 1 is 1.22 bits per heavy atom. The molecule has 2 aliphatic rings. The van der Waals surface area contributed by atoms with Crippen molar-refractivity contribution < 1.29 is 4.74 Å². The van der Waals surface area contributed by atoms with Crippen molar-refractivity contribution in [1.82, 2.24) is 15.5 Å². The first-order chi connectivity index (χ1) is 12.8. The largest absolute Gasteiger partial charge is 0.494 e. The molecule has 2 fully saturated rings. The van der Waals surface area contributed by atoms with Gasteiger partial charge >= 0.3 is 0 Å². The highest BCUT2D eigenvalue weighted by atomic mass is 127. The minimum Gasteiger partial charge on any atom is -0.494 e. The molecule has 1 aromatic rings. The minimum absolute atomic E-state index is 0. The molecule has 5 nitrogen and oxygen atoms in total. The first-order valence-corrected chi connectivity index (χ1v) is 10.3. The lowest BCUT2D eigenvalue weighted by Crippen LogP contribution is -2.45. The summed E-state index contributed by atoms with van der Waals surface area (Å²) in [4.78, 5) is 7.47. The fourth-order valence-electron chi connectivity index (χ4n) is 4.09. The van der Waals surface area contributed by atoms with E-state index in [0.717, 1.165) is 30.8 Å². The molecule has 0 aromatic heterocycles. The lowest BCUT2D eigenvalue weighted by atomic mass is 10.2. The number of benzene rings is 1.